The van der Waals surface area contributed by atoms with E-state index < -0.39 is 0 Å². The van der Waals surface area contributed by atoms with Crippen LogP contribution in [0.15, 0.2) is 21.7 Å². The Morgan fingerprint density at radius 2 is 1.34 bits per heavy atom. The van der Waals surface area contributed by atoms with Crippen molar-refractivity contribution in [1.82, 2.24) is 13.9 Å². The average molecular weight is 408 g/mol. The lowest BCUT2D eigenvalue weighted by Gasteiger charge is -2.27. The van der Waals surface area contributed by atoms with E-state index in [0.29, 0.717) is 6.42 Å². The topological polar surface area (TPSA) is 75.2 Å². The Kier molecular flexibility index (Phi) is 9.48. The molecule has 0 fully saturated rings. The third-order valence-electron chi connectivity index (χ3n) is 5.84. The Balaban J connectivity index is 1.85. The minimum atomic E-state index is -0.215. The standard InChI is InChI=1S/C22H37N3O4/c1-4-5-10-13-18-16-17-19(25-22(28)23(2)21(27)24(18)25)14-11-8-6-7-9-12-15-20(26)29-3/h16-19H,4-15H2,1-3H3. The summed E-state index contributed by atoms with van der Waals surface area (Å²) in [6, 6.07) is -0.0628. The molecule has 7 nitrogen and oxygen atoms in total. The normalized spacial score (nSPS) is 18.0. The molecule has 0 saturated carbocycles. The van der Waals surface area contributed by atoms with E-state index in [9.17, 15) is 14.4 Å². The Labute approximate surface area is 173 Å². The summed E-state index contributed by atoms with van der Waals surface area (Å²) in [6.45, 7) is 2.16. The molecule has 2 rings (SSSR count). The number of carbonyl (C=O) groups is 1. The van der Waals surface area contributed by atoms with Gasteiger partial charge >= 0.3 is 17.3 Å². The molecule has 0 saturated heterocycles. The fourth-order valence-corrected chi connectivity index (χ4v) is 4.07. The summed E-state index contributed by atoms with van der Waals surface area (Å²) in [5.74, 6) is -0.138. The van der Waals surface area contributed by atoms with Gasteiger partial charge in [0.1, 0.15) is 0 Å². The van der Waals surface area contributed by atoms with Crippen LogP contribution in [0.1, 0.15) is 96.1 Å². The van der Waals surface area contributed by atoms with Crippen molar-refractivity contribution in [2.24, 2.45) is 7.05 Å². The number of nitrogens with zero attached hydrogens (tertiary/aromatic N) is 3. The molecule has 2 unspecified atom stereocenters. The molecule has 2 heterocycles. The summed E-state index contributed by atoms with van der Waals surface area (Å²) in [5, 5.41) is 0. The Morgan fingerprint density at radius 3 is 1.86 bits per heavy atom. The third kappa shape index (κ3) is 6.21. The number of esters is 1. The van der Waals surface area contributed by atoms with Crippen LogP contribution in [0.5, 0.6) is 0 Å². The summed E-state index contributed by atoms with van der Waals surface area (Å²) in [6.07, 6.45) is 16.1. The number of ether oxygens (including phenoxy) is 1. The van der Waals surface area contributed by atoms with Crippen LogP contribution in [0.2, 0.25) is 0 Å². The Bertz CT molecular complexity index is 787. The zero-order chi connectivity index (χ0) is 21.2. The smallest absolute Gasteiger partial charge is 0.347 e. The fourth-order valence-electron chi connectivity index (χ4n) is 4.07. The lowest BCUT2D eigenvalue weighted by molar-refractivity contribution is -0.140. The van der Waals surface area contributed by atoms with Crippen molar-refractivity contribution in [2.75, 3.05) is 7.11 Å². The lowest BCUT2D eigenvalue weighted by Crippen LogP contribution is -2.35. The lowest BCUT2D eigenvalue weighted by atomic mass is 10.0. The third-order valence-corrected chi connectivity index (χ3v) is 5.84. The van der Waals surface area contributed by atoms with Crippen LogP contribution < -0.4 is 11.4 Å². The molecule has 1 aliphatic rings. The van der Waals surface area contributed by atoms with Crippen molar-refractivity contribution >= 4 is 5.97 Å². The van der Waals surface area contributed by atoms with Crippen molar-refractivity contribution in [3.05, 3.63) is 33.1 Å². The molecule has 1 aromatic heterocycles. The van der Waals surface area contributed by atoms with Gasteiger partial charge in [0.05, 0.1) is 19.2 Å². The second-order valence-corrected chi connectivity index (χ2v) is 8.06. The largest absolute Gasteiger partial charge is 0.469 e. The minimum Gasteiger partial charge on any atom is -0.469 e. The van der Waals surface area contributed by atoms with Crippen LogP contribution in [0.4, 0.5) is 0 Å². The van der Waals surface area contributed by atoms with Crippen molar-refractivity contribution in [3.63, 3.8) is 0 Å². The van der Waals surface area contributed by atoms with E-state index in [-0.39, 0.29) is 29.4 Å². The van der Waals surface area contributed by atoms with Gasteiger partial charge in [-0.25, -0.2) is 23.5 Å². The molecule has 1 aromatic rings. The zero-order valence-corrected chi connectivity index (χ0v) is 18.3. The highest BCUT2D eigenvalue weighted by molar-refractivity contribution is 5.68. The minimum absolute atomic E-state index is 0.0194. The van der Waals surface area contributed by atoms with Crippen LogP contribution in [-0.2, 0) is 16.6 Å². The van der Waals surface area contributed by atoms with Crippen LogP contribution in [-0.4, -0.2) is 27.0 Å². The molecule has 7 heteroatoms. The van der Waals surface area contributed by atoms with Crippen LogP contribution >= 0.6 is 0 Å². The maximum atomic E-state index is 12.6. The fraction of sp³-hybridized carbons (Fsp3) is 0.773. The summed E-state index contributed by atoms with van der Waals surface area (Å²) in [4.78, 5) is 36.3. The molecule has 0 N–H and O–H groups in total. The molecular weight excluding hydrogens is 370 g/mol. The van der Waals surface area contributed by atoms with Crippen LogP contribution in [0.3, 0.4) is 0 Å². The van der Waals surface area contributed by atoms with Gasteiger partial charge in [0.25, 0.3) is 0 Å². The number of rotatable bonds is 13. The molecule has 0 aromatic carbocycles. The van der Waals surface area contributed by atoms with Gasteiger partial charge in [-0.05, 0) is 19.3 Å². The Hall–Kier alpha value is -2.05. The first-order valence-electron chi connectivity index (χ1n) is 11.2. The number of unbranched alkanes of at least 4 members (excludes halogenated alkanes) is 7. The number of fused-ring (bicyclic) bond motifs is 1. The summed E-state index contributed by atoms with van der Waals surface area (Å²) < 4.78 is 9.23. The molecule has 0 spiro atoms. The van der Waals surface area contributed by atoms with Crippen molar-refractivity contribution in [2.45, 2.75) is 96.1 Å². The summed E-state index contributed by atoms with van der Waals surface area (Å²) in [7, 11) is 2.99. The predicted octanol–water partition coefficient (Wildman–Crippen LogP) is 3.87. The van der Waals surface area contributed by atoms with Gasteiger partial charge < -0.3 is 4.74 Å². The molecule has 29 heavy (non-hydrogen) atoms. The van der Waals surface area contributed by atoms with E-state index >= 15 is 0 Å². The first kappa shape index (κ1) is 23.2. The van der Waals surface area contributed by atoms with Crippen molar-refractivity contribution < 1.29 is 9.53 Å². The van der Waals surface area contributed by atoms with Gasteiger partial charge in [0.2, 0.25) is 0 Å². The predicted molar refractivity (Wildman–Crippen MR) is 114 cm³/mol. The van der Waals surface area contributed by atoms with E-state index in [1.54, 1.807) is 16.4 Å². The highest BCUT2D eigenvalue weighted by Crippen LogP contribution is 2.26. The summed E-state index contributed by atoms with van der Waals surface area (Å²) >= 11 is 0. The maximum Gasteiger partial charge on any atom is 0.347 e. The monoisotopic (exact) mass is 407 g/mol. The van der Waals surface area contributed by atoms with Gasteiger partial charge in [-0.2, -0.15) is 0 Å². The van der Waals surface area contributed by atoms with E-state index in [2.05, 4.69) is 23.8 Å². The summed E-state index contributed by atoms with van der Waals surface area (Å²) in [5.41, 5.74) is -0.427. The number of aromatic nitrogens is 3. The van der Waals surface area contributed by atoms with E-state index in [0.717, 1.165) is 70.6 Å². The molecule has 0 radical (unpaired) electrons. The second-order valence-electron chi connectivity index (χ2n) is 8.06. The SMILES string of the molecule is CCCCCC1C=CC(CCCCCCCCC(=O)OC)n2c(=O)n(C)c(=O)n21. The molecule has 164 valence electrons. The van der Waals surface area contributed by atoms with E-state index in [4.69, 9.17) is 0 Å². The number of carbonyl (C=O) groups excluding carboxylic acids is 1. The molecule has 0 aliphatic carbocycles. The van der Waals surface area contributed by atoms with Crippen molar-refractivity contribution in [1.29, 1.82) is 0 Å². The van der Waals surface area contributed by atoms with E-state index in [1.165, 1.54) is 11.7 Å². The highest BCUT2D eigenvalue weighted by Gasteiger charge is 2.27. The van der Waals surface area contributed by atoms with E-state index in [1.807, 2.05) is 0 Å². The van der Waals surface area contributed by atoms with Gasteiger partial charge in [0.15, 0.2) is 0 Å². The zero-order valence-electron chi connectivity index (χ0n) is 18.3. The molecule has 0 amide bonds. The second kappa shape index (κ2) is 11.8. The number of hydrogen-bond donors (Lipinski definition) is 0. The Morgan fingerprint density at radius 1 is 0.862 bits per heavy atom. The van der Waals surface area contributed by atoms with Crippen LogP contribution in [0.25, 0.3) is 0 Å². The van der Waals surface area contributed by atoms with Gasteiger partial charge in [-0.1, -0.05) is 70.4 Å². The number of hydrogen-bond acceptors (Lipinski definition) is 4. The first-order valence-corrected chi connectivity index (χ1v) is 11.2. The number of allylic oxidation sites excluding steroid dienone is 2. The molecule has 0 bridgehead atoms. The van der Waals surface area contributed by atoms with Crippen LogP contribution in [0, 0.1) is 0 Å². The first-order chi connectivity index (χ1) is 14.0. The highest BCUT2D eigenvalue weighted by atomic mass is 16.5. The number of methoxy groups -OCH3 is 1. The van der Waals surface area contributed by atoms with Gasteiger partial charge in [-0.3, -0.25) is 4.79 Å². The van der Waals surface area contributed by atoms with Gasteiger partial charge in [0, 0.05) is 13.5 Å². The quantitative estimate of drug-likeness (QED) is 0.283. The molecule has 2 atom stereocenters. The van der Waals surface area contributed by atoms with Crippen molar-refractivity contribution in [3.8, 4) is 0 Å². The van der Waals surface area contributed by atoms with Gasteiger partial charge in [-0.15, -0.1) is 0 Å². The maximum absolute atomic E-state index is 12.6. The average Bonchev–Trinajstić information content (AvgIpc) is 2.95. The molecular formula is C22H37N3O4. The molecule has 1 aliphatic heterocycles.